The van der Waals surface area contributed by atoms with Gasteiger partial charge in [-0.1, -0.05) is 0 Å². The molecule has 1 amide bonds. The van der Waals surface area contributed by atoms with Gasteiger partial charge in [0.1, 0.15) is 0 Å². The molecule has 1 unspecified atom stereocenters. The Bertz CT molecular complexity index is 432. The molecule has 1 atom stereocenters. The van der Waals surface area contributed by atoms with Gasteiger partial charge >= 0.3 is 0 Å². The van der Waals surface area contributed by atoms with Gasteiger partial charge in [0.05, 0.1) is 0 Å². The molecular formula is C14H20N2OS. The first kappa shape index (κ1) is 13.4. The van der Waals surface area contributed by atoms with Gasteiger partial charge in [0, 0.05) is 23.0 Å². The predicted octanol–water partition coefficient (Wildman–Crippen LogP) is 2.79. The number of aryl methyl sites for hydroxylation is 1. The Labute approximate surface area is 113 Å². The molecule has 3 N–H and O–H groups in total. The molecular weight excluding hydrogens is 244 g/mol. The van der Waals surface area contributed by atoms with Crippen LogP contribution in [0.1, 0.15) is 31.7 Å². The third-order valence-corrected chi connectivity index (χ3v) is 4.22. The van der Waals surface area contributed by atoms with Crippen molar-refractivity contribution in [2.75, 3.05) is 11.1 Å². The molecule has 3 nitrogen and oxygen atoms in total. The SMILES string of the molecule is CC(N)CCC(=O)Nc1ccc2c(c1)CCCS2. The van der Waals surface area contributed by atoms with Crippen LogP contribution < -0.4 is 11.1 Å². The topological polar surface area (TPSA) is 55.1 Å². The van der Waals surface area contributed by atoms with Gasteiger partial charge in [-0.05, 0) is 55.7 Å². The largest absolute Gasteiger partial charge is 0.328 e. The molecule has 0 saturated heterocycles. The summed E-state index contributed by atoms with van der Waals surface area (Å²) in [5.41, 5.74) is 7.91. The van der Waals surface area contributed by atoms with Gasteiger partial charge in [0.15, 0.2) is 0 Å². The van der Waals surface area contributed by atoms with Crippen LogP contribution in [0.15, 0.2) is 23.1 Å². The molecule has 0 saturated carbocycles. The number of rotatable bonds is 4. The molecule has 98 valence electrons. The molecule has 18 heavy (non-hydrogen) atoms. The van der Waals surface area contributed by atoms with Crippen LogP contribution >= 0.6 is 11.8 Å². The van der Waals surface area contributed by atoms with Crippen molar-refractivity contribution in [2.45, 2.75) is 43.5 Å². The summed E-state index contributed by atoms with van der Waals surface area (Å²) in [5.74, 6) is 1.25. The minimum Gasteiger partial charge on any atom is -0.328 e. The molecule has 1 aliphatic heterocycles. The Morgan fingerprint density at radius 3 is 3.17 bits per heavy atom. The lowest BCUT2D eigenvalue weighted by Gasteiger charge is -2.16. The summed E-state index contributed by atoms with van der Waals surface area (Å²) in [7, 11) is 0. The minimum absolute atomic E-state index is 0.0516. The average molecular weight is 264 g/mol. The number of amides is 1. The lowest BCUT2D eigenvalue weighted by molar-refractivity contribution is -0.116. The van der Waals surface area contributed by atoms with E-state index in [9.17, 15) is 4.79 Å². The van der Waals surface area contributed by atoms with Crippen molar-refractivity contribution in [1.82, 2.24) is 0 Å². The van der Waals surface area contributed by atoms with E-state index in [0.29, 0.717) is 6.42 Å². The molecule has 0 radical (unpaired) electrons. The van der Waals surface area contributed by atoms with Crippen molar-refractivity contribution < 1.29 is 4.79 Å². The molecule has 0 spiro atoms. The summed E-state index contributed by atoms with van der Waals surface area (Å²) in [4.78, 5) is 13.1. The van der Waals surface area contributed by atoms with Crippen molar-refractivity contribution in [3.63, 3.8) is 0 Å². The highest BCUT2D eigenvalue weighted by Crippen LogP contribution is 2.31. The van der Waals surface area contributed by atoms with E-state index in [0.717, 1.165) is 18.5 Å². The number of nitrogens with two attached hydrogens (primary N) is 1. The van der Waals surface area contributed by atoms with Crippen molar-refractivity contribution in [3.8, 4) is 0 Å². The number of benzene rings is 1. The van der Waals surface area contributed by atoms with E-state index >= 15 is 0 Å². The summed E-state index contributed by atoms with van der Waals surface area (Å²) in [5, 5.41) is 2.94. The smallest absolute Gasteiger partial charge is 0.224 e. The Morgan fingerprint density at radius 2 is 2.39 bits per heavy atom. The Hall–Kier alpha value is -1.00. The van der Waals surface area contributed by atoms with Gasteiger partial charge in [-0.2, -0.15) is 0 Å². The van der Waals surface area contributed by atoms with E-state index in [1.807, 2.05) is 24.8 Å². The van der Waals surface area contributed by atoms with Crippen LogP contribution in [-0.4, -0.2) is 17.7 Å². The standard InChI is InChI=1S/C14H20N2OS/c1-10(15)4-7-14(17)16-12-5-6-13-11(9-12)3-2-8-18-13/h5-6,9-10H,2-4,7-8,15H2,1H3,(H,16,17). The summed E-state index contributed by atoms with van der Waals surface area (Å²) < 4.78 is 0. The van der Waals surface area contributed by atoms with Crippen LogP contribution in [-0.2, 0) is 11.2 Å². The van der Waals surface area contributed by atoms with Gasteiger partial charge in [-0.3, -0.25) is 4.79 Å². The fourth-order valence-corrected chi connectivity index (χ4v) is 3.04. The second kappa shape index (κ2) is 6.25. The summed E-state index contributed by atoms with van der Waals surface area (Å²) in [6.45, 7) is 1.92. The van der Waals surface area contributed by atoms with Crippen molar-refractivity contribution in [3.05, 3.63) is 23.8 Å². The van der Waals surface area contributed by atoms with Gasteiger partial charge in [0.2, 0.25) is 5.91 Å². The van der Waals surface area contributed by atoms with Crippen molar-refractivity contribution in [2.24, 2.45) is 5.73 Å². The number of hydrogen-bond acceptors (Lipinski definition) is 3. The molecule has 0 fully saturated rings. The van der Waals surface area contributed by atoms with Crippen LogP contribution in [0.4, 0.5) is 5.69 Å². The normalized spacial score (nSPS) is 15.9. The third kappa shape index (κ3) is 3.75. The van der Waals surface area contributed by atoms with Crippen LogP contribution in [0, 0.1) is 0 Å². The molecule has 1 aliphatic rings. The Morgan fingerprint density at radius 1 is 1.56 bits per heavy atom. The number of fused-ring (bicyclic) bond motifs is 1. The van der Waals surface area contributed by atoms with E-state index in [1.165, 1.54) is 22.6 Å². The van der Waals surface area contributed by atoms with Crippen molar-refractivity contribution >= 4 is 23.4 Å². The van der Waals surface area contributed by atoms with E-state index < -0.39 is 0 Å². The number of carbonyl (C=O) groups excluding carboxylic acids is 1. The average Bonchev–Trinajstić information content (AvgIpc) is 2.36. The first-order valence-corrected chi connectivity index (χ1v) is 7.45. The molecule has 1 heterocycles. The Kier molecular flexibility index (Phi) is 4.66. The lowest BCUT2D eigenvalue weighted by atomic mass is 10.1. The first-order valence-electron chi connectivity index (χ1n) is 6.46. The highest BCUT2D eigenvalue weighted by atomic mass is 32.2. The van der Waals surface area contributed by atoms with E-state index in [-0.39, 0.29) is 11.9 Å². The minimum atomic E-state index is 0.0516. The third-order valence-electron chi connectivity index (χ3n) is 3.02. The highest BCUT2D eigenvalue weighted by Gasteiger charge is 2.11. The van der Waals surface area contributed by atoms with Crippen LogP contribution in [0.2, 0.25) is 0 Å². The number of anilines is 1. The maximum atomic E-state index is 11.7. The molecule has 4 heteroatoms. The fraction of sp³-hybridized carbons (Fsp3) is 0.500. The molecule has 1 aromatic carbocycles. The van der Waals surface area contributed by atoms with Crippen LogP contribution in [0.5, 0.6) is 0 Å². The number of thioether (sulfide) groups is 1. The Balaban J connectivity index is 1.95. The fourth-order valence-electron chi connectivity index (χ4n) is 2.02. The number of nitrogens with one attached hydrogen (secondary N) is 1. The second-order valence-electron chi connectivity index (χ2n) is 4.84. The zero-order chi connectivity index (χ0) is 13.0. The quantitative estimate of drug-likeness (QED) is 0.879. The molecule has 0 aliphatic carbocycles. The molecule has 1 aromatic rings. The van der Waals surface area contributed by atoms with Gasteiger partial charge in [0.25, 0.3) is 0 Å². The maximum absolute atomic E-state index is 11.7. The summed E-state index contributed by atoms with van der Waals surface area (Å²) >= 11 is 1.90. The number of carbonyl (C=O) groups is 1. The summed E-state index contributed by atoms with van der Waals surface area (Å²) in [6.07, 6.45) is 3.56. The predicted molar refractivity (Wildman–Crippen MR) is 77.0 cm³/mol. The van der Waals surface area contributed by atoms with Crippen LogP contribution in [0.25, 0.3) is 0 Å². The van der Waals surface area contributed by atoms with Gasteiger partial charge in [-0.15, -0.1) is 11.8 Å². The van der Waals surface area contributed by atoms with E-state index in [2.05, 4.69) is 17.4 Å². The lowest BCUT2D eigenvalue weighted by Crippen LogP contribution is -2.19. The molecule has 0 aromatic heterocycles. The highest BCUT2D eigenvalue weighted by molar-refractivity contribution is 7.99. The first-order chi connectivity index (χ1) is 8.65. The second-order valence-corrected chi connectivity index (χ2v) is 5.98. The zero-order valence-corrected chi connectivity index (χ0v) is 11.6. The monoisotopic (exact) mass is 264 g/mol. The molecule has 0 bridgehead atoms. The molecule has 2 rings (SSSR count). The van der Waals surface area contributed by atoms with E-state index in [1.54, 1.807) is 0 Å². The zero-order valence-electron chi connectivity index (χ0n) is 10.7. The number of hydrogen-bond donors (Lipinski definition) is 2. The van der Waals surface area contributed by atoms with E-state index in [4.69, 9.17) is 5.73 Å². The van der Waals surface area contributed by atoms with Crippen LogP contribution in [0.3, 0.4) is 0 Å². The maximum Gasteiger partial charge on any atom is 0.224 e. The van der Waals surface area contributed by atoms with Gasteiger partial charge < -0.3 is 11.1 Å². The van der Waals surface area contributed by atoms with Gasteiger partial charge in [-0.25, -0.2) is 0 Å². The van der Waals surface area contributed by atoms with Crippen molar-refractivity contribution in [1.29, 1.82) is 0 Å². The summed E-state index contributed by atoms with van der Waals surface area (Å²) in [6, 6.07) is 6.28.